The number of aromatic amines is 1. The first-order valence-corrected chi connectivity index (χ1v) is 12.0. The number of fused-ring (bicyclic) bond motifs is 3. The number of aryl methyl sites for hydroxylation is 1. The van der Waals surface area contributed by atoms with E-state index in [1.54, 1.807) is 7.11 Å². The van der Waals surface area contributed by atoms with Crippen LogP contribution in [0.15, 0.2) is 48.7 Å². The van der Waals surface area contributed by atoms with E-state index in [0.29, 0.717) is 0 Å². The fourth-order valence-corrected chi connectivity index (χ4v) is 4.95. The molecular weight excluding hydrogens is 410 g/mol. The highest BCUT2D eigenvalue weighted by molar-refractivity contribution is 5.94. The summed E-state index contributed by atoms with van der Waals surface area (Å²) in [7, 11) is 1.71. The van der Waals surface area contributed by atoms with Crippen LogP contribution in [-0.4, -0.2) is 42.8 Å². The summed E-state index contributed by atoms with van der Waals surface area (Å²) in [6.45, 7) is 2.47. The SMILES string of the molecule is COc1ccc2nc3c(c(NCCNCC(N)Cc4c[nH]c5ccccc45)c2c1)CCCC3. The maximum absolute atomic E-state index is 6.43. The van der Waals surface area contributed by atoms with Crippen molar-refractivity contribution in [2.75, 3.05) is 32.1 Å². The summed E-state index contributed by atoms with van der Waals surface area (Å²) in [6.07, 6.45) is 7.52. The Labute approximate surface area is 194 Å². The van der Waals surface area contributed by atoms with Gasteiger partial charge in [0.25, 0.3) is 0 Å². The second-order valence-corrected chi connectivity index (χ2v) is 8.96. The van der Waals surface area contributed by atoms with Crippen LogP contribution in [0.25, 0.3) is 21.8 Å². The van der Waals surface area contributed by atoms with E-state index >= 15 is 0 Å². The predicted octanol–water partition coefficient (Wildman–Crippen LogP) is 4.18. The molecule has 1 aliphatic rings. The molecule has 0 fully saturated rings. The van der Waals surface area contributed by atoms with Gasteiger partial charge in [0, 0.05) is 59.5 Å². The van der Waals surface area contributed by atoms with Gasteiger partial charge in [0.15, 0.2) is 0 Å². The van der Waals surface area contributed by atoms with Gasteiger partial charge in [0.05, 0.1) is 12.6 Å². The standard InChI is InChI=1S/C27H33N5O/c1-33-20-10-11-26-23(15-20)27(22-7-3-5-9-25(22)32-26)30-13-12-29-17-19(28)14-18-16-31-24-8-4-2-6-21(18)24/h2,4,6,8,10-11,15-16,19,29,31H,3,5,7,9,12-14,17,28H2,1H3,(H,30,32). The summed E-state index contributed by atoms with van der Waals surface area (Å²) in [5.74, 6) is 0.865. The third kappa shape index (κ3) is 4.68. The number of anilines is 1. The van der Waals surface area contributed by atoms with Crippen LogP contribution in [-0.2, 0) is 19.3 Å². The van der Waals surface area contributed by atoms with Gasteiger partial charge in [-0.15, -0.1) is 0 Å². The van der Waals surface area contributed by atoms with E-state index in [1.807, 2.05) is 6.07 Å². The molecule has 0 aliphatic heterocycles. The molecule has 2 aromatic heterocycles. The zero-order valence-corrected chi connectivity index (χ0v) is 19.3. The average Bonchev–Trinajstić information content (AvgIpc) is 3.25. The smallest absolute Gasteiger partial charge is 0.119 e. The number of hydrogen-bond donors (Lipinski definition) is 4. The van der Waals surface area contributed by atoms with Gasteiger partial charge < -0.3 is 26.1 Å². The van der Waals surface area contributed by atoms with E-state index in [9.17, 15) is 0 Å². The predicted molar refractivity (Wildman–Crippen MR) is 136 cm³/mol. The van der Waals surface area contributed by atoms with Crippen molar-refractivity contribution in [1.29, 1.82) is 0 Å². The fraction of sp³-hybridized carbons (Fsp3) is 0.370. The molecule has 6 nitrogen and oxygen atoms in total. The molecule has 33 heavy (non-hydrogen) atoms. The molecule has 0 bridgehead atoms. The lowest BCUT2D eigenvalue weighted by molar-refractivity contribution is 0.415. The lowest BCUT2D eigenvalue weighted by Crippen LogP contribution is -2.37. The van der Waals surface area contributed by atoms with E-state index in [2.05, 4.69) is 58.2 Å². The molecule has 172 valence electrons. The van der Waals surface area contributed by atoms with Gasteiger partial charge in [-0.3, -0.25) is 4.98 Å². The Hall–Kier alpha value is -3.09. The van der Waals surface area contributed by atoms with Gasteiger partial charge in [0.1, 0.15) is 5.75 Å². The van der Waals surface area contributed by atoms with Gasteiger partial charge in [0.2, 0.25) is 0 Å². The molecule has 4 aromatic rings. The number of nitrogens with one attached hydrogen (secondary N) is 3. The summed E-state index contributed by atoms with van der Waals surface area (Å²) >= 11 is 0. The van der Waals surface area contributed by atoms with Gasteiger partial charge >= 0.3 is 0 Å². The monoisotopic (exact) mass is 443 g/mol. The molecule has 1 unspecified atom stereocenters. The number of hydrogen-bond acceptors (Lipinski definition) is 5. The van der Waals surface area contributed by atoms with Crippen LogP contribution >= 0.6 is 0 Å². The number of pyridine rings is 1. The third-order valence-electron chi connectivity index (χ3n) is 6.64. The van der Waals surface area contributed by atoms with Crippen molar-refractivity contribution in [3.8, 4) is 5.75 Å². The van der Waals surface area contributed by atoms with E-state index < -0.39 is 0 Å². The Balaban J connectivity index is 1.20. The maximum Gasteiger partial charge on any atom is 0.119 e. The van der Waals surface area contributed by atoms with Crippen LogP contribution < -0.4 is 21.1 Å². The molecule has 1 aliphatic carbocycles. The summed E-state index contributed by atoms with van der Waals surface area (Å²) in [4.78, 5) is 8.28. The molecule has 1 atom stereocenters. The minimum absolute atomic E-state index is 0.0722. The van der Waals surface area contributed by atoms with Crippen LogP contribution in [0.4, 0.5) is 5.69 Å². The normalized spacial score (nSPS) is 14.4. The van der Waals surface area contributed by atoms with Crippen LogP contribution in [0.2, 0.25) is 0 Å². The Morgan fingerprint density at radius 1 is 1.09 bits per heavy atom. The number of rotatable bonds is 9. The Morgan fingerprint density at radius 2 is 1.97 bits per heavy atom. The van der Waals surface area contributed by atoms with Crippen LogP contribution in [0, 0.1) is 0 Å². The highest BCUT2D eigenvalue weighted by Gasteiger charge is 2.18. The number of H-pyrrole nitrogens is 1. The largest absolute Gasteiger partial charge is 0.497 e. The van der Waals surface area contributed by atoms with Crippen LogP contribution in [0.5, 0.6) is 5.75 Å². The van der Waals surface area contributed by atoms with Gasteiger partial charge in [-0.2, -0.15) is 0 Å². The third-order valence-corrected chi connectivity index (χ3v) is 6.64. The quantitative estimate of drug-likeness (QED) is 0.292. The maximum atomic E-state index is 6.43. The van der Waals surface area contributed by atoms with E-state index in [1.165, 1.54) is 46.3 Å². The number of para-hydroxylation sites is 1. The number of ether oxygens (including phenoxy) is 1. The summed E-state index contributed by atoms with van der Waals surface area (Å²) < 4.78 is 5.48. The number of aromatic nitrogens is 2. The van der Waals surface area contributed by atoms with Crippen molar-refractivity contribution < 1.29 is 4.74 Å². The van der Waals surface area contributed by atoms with E-state index in [-0.39, 0.29) is 6.04 Å². The minimum Gasteiger partial charge on any atom is -0.497 e. The molecule has 2 aromatic carbocycles. The summed E-state index contributed by atoms with van der Waals surface area (Å²) in [6, 6.07) is 14.6. The Bertz CT molecular complexity index is 1250. The van der Waals surface area contributed by atoms with Gasteiger partial charge in [-0.05, 0) is 67.5 Å². The molecule has 0 spiro atoms. The number of nitrogens with zero attached hydrogens (tertiary/aromatic N) is 1. The van der Waals surface area contributed by atoms with E-state index in [0.717, 1.165) is 55.5 Å². The number of nitrogens with two attached hydrogens (primary N) is 1. The Morgan fingerprint density at radius 3 is 2.88 bits per heavy atom. The first-order chi connectivity index (χ1) is 16.2. The summed E-state index contributed by atoms with van der Waals surface area (Å²) in [5.41, 5.74) is 13.7. The first-order valence-electron chi connectivity index (χ1n) is 12.0. The topological polar surface area (TPSA) is 88.0 Å². The molecule has 5 N–H and O–H groups in total. The molecule has 2 heterocycles. The highest BCUT2D eigenvalue weighted by Crippen LogP contribution is 2.34. The van der Waals surface area contributed by atoms with Gasteiger partial charge in [-0.25, -0.2) is 0 Å². The molecule has 6 heteroatoms. The molecule has 0 amide bonds. The van der Waals surface area contributed by atoms with Gasteiger partial charge in [-0.1, -0.05) is 18.2 Å². The van der Waals surface area contributed by atoms with Crippen molar-refractivity contribution >= 4 is 27.5 Å². The van der Waals surface area contributed by atoms with Crippen molar-refractivity contribution in [3.63, 3.8) is 0 Å². The zero-order chi connectivity index (χ0) is 22.6. The Kier molecular flexibility index (Phi) is 6.46. The summed E-state index contributed by atoms with van der Waals surface area (Å²) in [5, 5.41) is 9.64. The number of methoxy groups -OCH3 is 1. The van der Waals surface area contributed by atoms with Crippen molar-refractivity contribution in [3.05, 3.63) is 65.5 Å². The van der Waals surface area contributed by atoms with Crippen molar-refractivity contribution in [2.45, 2.75) is 38.1 Å². The molecule has 0 radical (unpaired) electrons. The fourth-order valence-electron chi connectivity index (χ4n) is 4.95. The average molecular weight is 444 g/mol. The lowest BCUT2D eigenvalue weighted by atomic mass is 9.92. The minimum atomic E-state index is 0.0722. The second kappa shape index (κ2) is 9.81. The lowest BCUT2D eigenvalue weighted by Gasteiger charge is -2.22. The molecule has 0 saturated carbocycles. The van der Waals surface area contributed by atoms with Crippen LogP contribution in [0.3, 0.4) is 0 Å². The second-order valence-electron chi connectivity index (χ2n) is 8.96. The van der Waals surface area contributed by atoms with Crippen molar-refractivity contribution in [1.82, 2.24) is 15.3 Å². The van der Waals surface area contributed by atoms with Crippen LogP contribution in [0.1, 0.15) is 29.7 Å². The van der Waals surface area contributed by atoms with E-state index in [4.69, 9.17) is 15.5 Å². The molecular formula is C27H33N5O. The number of benzene rings is 2. The zero-order valence-electron chi connectivity index (χ0n) is 19.3. The first kappa shape index (κ1) is 21.7. The highest BCUT2D eigenvalue weighted by atomic mass is 16.5. The molecule has 5 rings (SSSR count). The molecule has 0 saturated heterocycles. The van der Waals surface area contributed by atoms with Crippen molar-refractivity contribution in [2.24, 2.45) is 5.73 Å².